The highest BCUT2D eigenvalue weighted by atomic mass is 16.5. The van der Waals surface area contributed by atoms with Gasteiger partial charge in [0, 0.05) is 32.7 Å². The molecular weight excluding hydrogens is 226 g/mol. The average Bonchev–Trinajstić information content (AvgIpc) is 2.86. The lowest BCUT2D eigenvalue weighted by Gasteiger charge is -2.28. The van der Waals surface area contributed by atoms with Gasteiger partial charge in [0.1, 0.15) is 5.60 Å². The Kier molecular flexibility index (Phi) is 4.38. The van der Waals surface area contributed by atoms with Crippen molar-refractivity contribution in [3.63, 3.8) is 0 Å². The summed E-state index contributed by atoms with van der Waals surface area (Å²) in [6, 6.07) is 8.99. The van der Waals surface area contributed by atoms with Gasteiger partial charge in [-0.3, -0.25) is 0 Å². The number of benzene rings is 1. The molecule has 1 aromatic carbocycles. The summed E-state index contributed by atoms with van der Waals surface area (Å²) in [4.78, 5) is 0. The largest absolute Gasteiger partial charge is 0.378 e. The number of methoxy groups -OCH3 is 1. The molecule has 1 heterocycles. The molecule has 2 atom stereocenters. The van der Waals surface area contributed by atoms with Crippen molar-refractivity contribution in [1.29, 1.82) is 0 Å². The lowest BCUT2D eigenvalue weighted by Crippen LogP contribution is -2.43. The zero-order valence-corrected chi connectivity index (χ0v) is 11.5. The Bertz CT molecular complexity index is 369. The van der Waals surface area contributed by atoms with Crippen LogP contribution in [0.15, 0.2) is 24.3 Å². The van der Waals surface area contributed by atoms with Crippen LogP contribution >= 0.6 is 0 Å². The average molecular weight is 249 g/mol. The van der Waals surface area contributed by atoms with Gasteiger partial charge in [0.25, 0.3) is 0 Å². The van der Waals surface area contributed by atoms with Crippen LogP contribution in [0.5, 0.6) is 0 Å². The van der Waals surface area contributed by atoms with Crippen LogP contribution in [0.1, 0.15) is 30.5 Å². The first-order chi connectivity index (χ1) is 8.65. The second-order valence-corrected chi connectivity index (χ2v) is 5.20. The van der Waals surface area contributed by atoms with Crippen molar-refractivity contribution in [3.05, 3.63) is 35.4 Å². The molecule has 18 heavy (non-hydrogen) atoms. The third kappa shape index (κ3) is 3.10. The molecule has 0 aromatic heterocycles. The van der Waals surface area contributed by atoms with E-state index in [4.69, 9.17) is 9.47 Å². The molecule has 1 aliphatic heterocycles. The van der Waals surface area contributed by atoms with Crippen LogP contribution in [0.4, 0.5) is 0 Å². The first-order valence-electron chi connectivity index (χ1n) is 6.58. The number of ether oxygens (including phenoxy) is 2. The van der Waals surface area contributed by atoms with Crippen molar-refractivity contribution in [1.82, 2.24) is 5.32 Å². The predicted molar refractivity (Wildman–Crippen MR) is 72.8 cm³/mol. The molecule has 1 aromatic rings. The van der Waals surface area contributed by atoms with E-state index >= 15 is 0 Å². The van der Waals surface area contributed by atoms with Crippen molar-refractivity contribution in [2.45, 2.75) is 31.9 Å². The van der Waals surface area contributed by atoms with Crippen LogP contribution in [0, 0.1) is 6.92 Å². The van der Waals surface area contributed by atoms with Crippen molar-refractivity contribution >= 4 is 0 Å². The van der Waals surface area contributed by atoms with Crippen LogP contribution < -0.4 is 5.32 Å². The van der Waals surface area contributed by atoms with Gasteiger partial charge in [-0.2, -0.15) is 0 Å². The summed E-state index contributed by atoms with van der Waals surface area (Å²) in [6.07, 6.45) is 0.969. The molecule has 0 bridgehead atoms. The lowest BCUT2D eigenvalue weighted by atomic mass is 10.0. The Morgan fingerprint density at radius 2 is 2.11 bits per heavy atom. The van der Waals surface area contributed by atoms with Crippen LogP contribution in [-0.4, -0.2) is 32.5 Å². The van der Waals surface area contributed by atoms with Gasteiger partial charge in [0.2, 0.25) is 0 Å². The number of nitrogens with one attached hydrogen (secondary N) is 1. The molecule has 1 fully saturated rings. The Morgan fingerprint density at radius 1 is 1.39 bits per heavy atom. The molecule has 3 heteroatoms. The maximum absolute atomic E-state index is 5.62. The van der Waals surface area contributed by atoms with Crippen molar-refractivity contribution in [2.75, 3.05) is 26.9 Å². The van der Waals surface area contributed by atoms with Crippen molar-refractivity contribution in [3.8, 4) is 0 Å². The summed E-state index contributed by atoms with van der Waals surface area (Å²) in [6.45, 7) is 6.62. The van der Waals surface area contributed by atoms with Crippen LogP contribution in [0.2, 0.25) is 0 Å². The summed E-state index contributed by atoms with van der Waals surface area (Å²) in [5.74, 6) is 0. The van der Waals surface area contributed by atoms with Gasteiger partial charge < -0.3 is 14.8 Å². The maximum Gasteiger partial charge on any atom is 0.106 e. The molecule has 2 rings (SSSR count). The highest BCUT2D eigenvalue weighted by Crippen LogP contribution is 2.23. The van der Waals surface area contributed by atoms with Crippen molar-refractivity contribution < 1.29 is 9.47 Å². The minimum absolute atomic E-state index is 0.140. The van der Waals surface area contributed by atoms with E-state index in [1.165, 1.54) is 11.1 Å². The summed E-state index contributed by atoms with van der Waals surface area (Å²) >= 11 is 0. The van der Waals surface area contributed by atoms with E-state index in [-0.39, 0.29) is 5.60 Å². The standard InChI is InChI=1S/C15H23NO2/c1-12-4-6-14(7-5-12)13(2)16-10-15(17-3)8-9-18-11-15/h4-7,13,16H,8-11H2,1-3H3. The van der Waals surface area contributed by atoms with Gasteiger partial charge in [-0.15, -0.1) is 0 Å². The molecule has 1 saturated heterocycles. The van der Waals surface area contributed by atoms with E-state index in [9.17, 15) is 0 Å². The third-order valence-electron chi connectivity index (χ3n) is 3.81. The molecule has 0 radical (unpaired) electrons. The fourth-order valence-corrected chi connectivity index (χ4v) is 2.27. The third-order valence-corrected chi connectivity index (χ3v) is 3.81. The number of hydrogen-bond acceptors (Lipinski definition) is 3. The Labute approximate surface area is 109 Å². The van der Waals surface area contributed by atoms with Crippen LogP contribution in [0.3, 0.4) is 0 Å². The Hall–Kier alpha value is -0.900. The quantitative estimate of drug-likeness (QED) is 0.869. The fourth-order valence-electron chi connectivity index (χ4n) is 2.27. The van der Waals surface area contributed by atoms with E-state index < -0.39 is 0 Å². The molecular formula is C15H23NO2. The predicted octanol–water partition coefficient (Wildman–Crippen LogP) is 2.45. The fraction of sp³-hybridized carbons (Fsp3) is 0.600. The number of rotatable bonds is 5. The molecule has 1 N–H and O–H groups in total. The monoisotopic (exact) mass is 249 g/mol. The minimum Gasteiger partial charge on any atom is -0.378 e. The van der Waals surface area contributed by atoms with E-state index in [1.807, 2.05) is 0 Å². The second-order valence-electron chi connectivity index (χ2n) is 5.20. The molecule has 1 aliphatic rings. The van der Waals surface area contributed by atoms with E-state index in [2.05, 4.69) is 43.4 Å². The molecule has 0 saturated carbocycles. The normalized spacial score (nSPS) is 25.3. The van der Waals surface area contributed by atoms with Gasteiger partial charge >= 0.3 is 0 Å². The number of hydrogen-bond donors (Lipinski definition) is 1. The smallest absolute Gasteiger partial charge is 0.106 e. The SMILES string of the molecule is COC1(CNC(C)c2ccc(C)cc2)CCOC1. The van der Waals surface area contributed by atoms with Crippen LogP contribution in [-0.2, 0) is 9.47 Å². The summed E-state index contributed by atoms with van der Waals surface area (Å²) < 4.78 is 11.1. The van der Waals surface area contributed by atoms with Gasteiger partial charge in [0.15, 0.2) is 0 Å². The maximum atomic E-state index is 5.62. The summed E-state index contributed by atoms with van der Waals surface area (Å²) in [7, 11) is 1.77. The molecule has 0 aliphatic carbocycles. The Morgan fingerprint density at radius 3 is 2.67 bits per heavy atom. The second kappa shape index (κ2) is 5.83. The highest BCUT2D eigenvalue weighted by Gasteiger charge is 2.34. The van der Waals surface area contributed by atoms with Gasteiger partial charge in [-0.25, -0.2) is 0 Å². The molecule has 2 unspecified atom stereocenters. The van der Waals surface area contributed by atoms with E-state index in [1.54, 1.807) is 7.11 Å². The zero-order chi connectivity index (χ0) is 13.0. The van der Waals surface area contributed by atoms with Gasteiger partial charge in [0.05, 0.1) is 6.61 Å². The first kappa shape index (κ1) is 13.5. The lowest BCUT2D eigenvalue weighted by molar-refractivity contribution is -0.0172. The molecule has 100 valence electrons. The van der Waals surface area contributed by atoms with E-state index in [0.717, 1.165) is 19.6 Å². The molecule has 0 amide bonds. The highest BCUT2D eigenvalue weighted by molar-refractivity contribution is 5.23. The first-order valence-corrected chi connectivity index (χ1v) is 6.58. The zero-order valence-electron chi connectivity index (χ0n) is 11.5. The summed E-state index contributed by atoms with van der Waals surface area (Å²) in [5, 5.41) is 3.55. The van der Waals surface area contributed by atoms with Crippen molar-refractivity contribution in [2.24, 2.45) is 0 Å². The topological polar surface area (TPSA) is 30.5 Å². The minimum atomic E-state index is -0.140. The van der Waals surface area contributed by atoms with Gasteiger partial charge in [-0.1, -0.05) is 29.8 Å². The molecule has 3 nitrogen and oxygen atoms in total. The summed E-state index contributed by atoms with van der Waals surface area (Å²) in [5.41, 5.74) is 2.47. The van der Waals surface area contributed by atoms with E-state index in [0.29, 0.717) is 12.6 Å². The Balaban J connectivity index is 1.91. The number of aryl methyl sites for hydroxylation is 1. The van der Waals surface area contributed by atoms with Crippen LogP contribution in [0.25, 0.3) is 0 Å². The molecule has 0 spiro atoms. The van der Waals surface area contributed by atoms with Gasteiger partial charge in [-0.05, 0) is 19.4 Å².